The van der Waals surface area contributed by atoms with Gasteiger partial charge in [-0.3, -0.25) is 4.79 Å². The summed E-state index contributed by atoms with van der Waals surface area (Å²) in [6.45, 7) is 5.92. The number of Topliss-reactive ketones (excluding diaryl/α,β-unsaturated/α-hetero) is 1. The van der Waals surface area contributed by atoms with E-state index in [0.29, 0.717) is 5.92 Å². The van der Waals surface area contributed by atoms with Gasteiger partial charge in [-0.1, -0.05) is 56.4 Å². The molecule has 132 valence electrons. The molecule has 0 spiro atoms. The predicted octanol–water partition coefficient (Wildman–Crippen LogP) is 5.65. The maximum Gasteiger partial charge on any atom is 0.169 e. The van der Waals surface area contributed by atoms with E-state index < -0.39 is 0 Å². The lowest BCUT2D eigenvalue weighted by atomic mass is 9.79. The third-order valence-electron chi connectivity index (χ3n) is 5.22. The molecule has 2 unspecified atom stereocenters. The lowest BCUT2D eigenvalue weighted by Gasteiger charge is -2.30. The molecule has 0 heterocycles. The molecule has 1 aromatic rings. The fourth-order valence-corrected chi connectivity index (χ4v) is 4.10. The fraction of sp³-hybridized carbons (Fsp3) is 0.667. The Kier molecular flexibility index (Phi) is 5.41. The second-order valence-corrected chi connectivity index (χ2v) is 8.30. The smallest absolute Gasteiger partial charge is 0.169 e. The lowest BCUT2D eigenvalue weighted by Crippen LogP contribution is -2.29. The molecular weight excluding hydrogens is 300 g/mol. The third kappa shape index (κ3) is 3.89. The summed E-state index contributed by atoms with van der Waals surface area (Å²) >= 11 is 0. The van der Waals surface area contributed by atoms with Gasteiger partial charge in [-0.25, -0.2) is 9.78 Å². The molecule has 2 atom stereocenters. The Morgan fingerprint density at radius 3 is 2.25 bits per heavy atom. The van der Waals surface area contributed by atoms with E-state index in [1.165, 1.54) is 32.1 Å². The van der Waals surface area contributed by atoms with Gasteiger partial charge in [-0.15, -0.1) is 0 Å². The highest BCUT2D eigenvalue weighted by molar-refractivity contribution is 6.03. The molecule has 1 saturated carbocycles. The summed E-state index contributed by atoms with van der Waals surface area (Å²) in [6.07, 6.45) is 8.33. The summed E-state index contributed by atoms with van der Waals surface area (Å²) in [6, 6.07) is 7.89. The van der Waals surface area contributed by atoms with Crippen molar-refractivity contribution < 1.29 is 14.6 Å². The highest BCUT2D eigenvalue weighted by atomic mass is 17.2. The van der Waals surface area contributed by atoms with Crippen molar-refractivity contribution in [1.29, 1.82) is 0 Å². The zero-order chi connectivity index (χ0) is 17.2. The van der Waals surface area contributed by atoms with E-state index in [-0.39, 0.29) is 23.4 Å². The van der Waals surface area contributed by atoms with Crippen molar-refractivity contribution in [3.8, 4) is 0 Å². The lowest BCUT2D eigenvalue weighted by molar-refractivity contribution is -0.381. The fourth-order valence-electron chi connectivity index (χ4n) is 4.10. The molecule has 0 aromatic heterocycles. The topological polar surface area (TPSA) is 35.5 Å². The summed E-state index contributed by atoms with van der Waals surface area (Å²) < 4.78 is 0. The predicted molar refractivity (Wildman–Crippen MR) is 94.7 cm³/mol. The van der Waals surface area contributed by atoms with Crippen molar-refractivity contribution in [2.45, 2.75) is 77.4 Å². The Morgan fingerprint density at radius 2 is 1.58 bits per heavy atom. The van der Waals surface area contributed by atoms with Crippen LogP contribution in [-0.4, -0.2) is 11.4 Å². The van der Waals surface area contributed by atoms with Gasteiger partial charge in [0.05, 0.1) is 11.5 Å². The van der Waals surface area contributed by atoms with Crippen LogP contribution in [0.4, 0.5) is 0 Å². The molecule has 0 amide bonds. The molecule has 3 rings (SSSR count). The van der Waals surface area contributed by atoms with E-state index in [1.807, 2.05) is 45.0 Å². The summed E-state index contributed by atoms with van der Waals surface area (Å²) in [5, 5.41) is 0. The number of fused-ring (bicyclic) bond motifs is 1. The Hall–Kier alpha value is -1.19. The van der Waals surface area contributed by atoms with Crippen LogP contribution < -0.4 is 0 Å². The van der Waals surface area contributed by atoms with Crippen LogP contribution in [0.15, 0.2) is 24.3 Å². The number of carbonyl (C=O) groups is 1. The molecule has 0 N–H and O–H groups in total. The zero-order valence-corrected chi connectivity index (χ0v) is 15.2. The average Bonchev–Trinajstić information content (AvgIpc) is 2.78. The first-order valence-corrected chi connectivity index (χ1v) is 9.45. The normalized spacial score (nSPS) is 26.0. The average molecular weight is 330 g/mol. The SMILES string of the molecule is CC(C)(C)OOC1c2ccccc2C(=O)C1C1CCCCCCC1. The summed E-state index contributed by atoms with van der Waals surface area (Å²) in [4.78, 5) is 24.6. The van der Waals surface area contributed by atoms with Crippen molar-refractivity contribution >= 4 is 5.78 Å². The van der Waals surface area contributed by atoms with Crippen LogP contribution in [0.2, 0.25) is 0 Å². The van der Waals surface area contributed by atoms with E-state index in [1.54, 1.807) is 0 Å². The maximum absolute atomic E-state index is 13.1. The molecule has 1 fully saturated rings. The molecule has 0 radical (unpaired) electrons. The zero-order valence-electron chi connectivity index (χ0n) is 15.2. The molecule has 1 aromatic carbocycles. The molecule has 2 aliphatic rings. The first-order valence-electron chi connectivity index (χ1n) is 9.45. The van der Waals surface area contributed by atoms with Crippen LogP contribution in [0, 0.1) is 11.8 Å². The van der Waals surface area contributed by atoms with Crippen molar-refractivity contribution in [3.05, 3.63) is 35.4 Å². The van der Waals surface area contributed by atoms with Crippen molar-refractivity contribution in [3.63, 3.8) is 0 Å². The third-order valence-corrected chi connectivity index (χ3v) is 5.22. The minimum absolute atomic E-state index is 0.0946. The largest absolute Gasteiger partial charge is 0.294 e. The first-order chi connectivity index (χ1) is 11.5. The summed E-state index contributed by atoms with van der Waals surface area (Å²) in [5.41, 5.74) is 1.44. The van der Waals surface area contributed by atoms with Crippen LogP contribution in [0.1, 0.15) is 87.7 Å². The van der Waals surface area contributed by atoms with E-state index in [4.69, 9.17) is 9.78 Å². The molecule has 0 saturated heterocycles. The number of ketones is 1. The van der Waals surface area contributed by atoms with Gasteiger partial charge in [-0.2, -0.15) is 0 Å². The minimum Gasteiger partial charge on any atom is -0.294 e. The molecular formula is C21H30O3. The molecule has 24 heavy (non-hydrogen) atoms. The van der Waals surface area contributed by atoms with Crippen LogP contribution in [0.25, 0.3) is 0 Å². The highest BCUT2D eigenvalue weighted by Gasteiger charge is 2.45. The van der Waals surface area contributed by atoms with Crippen LogP contribution >= 0.6 is 0 Å². The van der Waals surface area contributed by atoms with Crippen LogP contribution in [0.3, 0.4) is 0 Å². The number of carbonyl (C=O) groups excluding carboxylic acids is 1. The van der Waals surface area contributed by atoms with Gasteiger partial charge >= 0.3 is 0 Å². The van der Waals surface area contributed by atoms with Gasteiger partial charge in [0.1, 0.15) is 6.10 Å². The Morgan fingerprint density at radius 1 is 0.958 bits per heavy atom. The quantitative estimate of drug-likeness (QED) is 0.531. The minimum atomic E-state index is -0.383. The summed E-state index contributed by atoms with van der Waals surface area (Å²) in [5.74, 6) is 0.556. The van der Waals surface area contributed by atoms with Crippen LogP contribution in [0.5, 0.6) is 0 Å². The first kappa shape index (κ1) is 17.6. The molecule has 0 aliphatic heterocycles. The van der Waals surface area contributed by atoms with Gasteiger partial charge in [-0.05, 0) is 45.1 Å². The van der Waals surface area contributed by atoms with Crippen molar-refractivity contribution in [2.75, 3.05) is 0 Å². The second-order valence-electron chi connectivity index (χ2n) is 8.30. The van der Waals surface area contributed by atoms with Gasteiger partial charge < -0.3 is 0 Å². The standard InChI is InChI=1S/C21H30O3/c1-21(2,3)24-23-20-17-14-10-9-13-16(17)19(22)18(20)15-11-7-5-4-6-8-12-15/h9-10,13-15,18,20H,4-8,11-12H2,1-3H3. The maximum atomic E-state index is 13.1. The summed E-state index contributed by atoms with van der Waals surface area (Å²) in [7, 11) is 0. The Balaban J connectivity index is 1.85. The van der Waals surface area contributed by atoms with Gasteiger partial charge in [0.25, 0.3) is 0 Å². The van der Waals surface area contributed by atoms with E-state index in [2.05, 4.69) is 0 Å². The van der Waals surface area contributed by atoms with Gasteiger partial charge in [0, 0.05) is 5.56 Å². The molecule has 2 aliphatic carbocycles. The number of rotatable bonds is 3. The van der Waals surface area contributed by atoms with E-state index in [9.17, 15) is 4.79 Å². The Labute approximate surface area is 145 Å². The molecule has 3 nitrogen and oxygen atoms in total. The Bertz CT molecular complexity index is 565. The van der Waals surface area contributed by atoms with Gasteiger partial charge in [0.2, 0.25) is 0 Å². The van der Waals surface area contributed by atoms with E-state index in [0.717, 1.165) is 24.0 Å². The second kappa shape index (κ2) is 7.37. The number of benzene rings is 1. The molecule has 0 bridgehead atoms. The van der Waals surface area contributed by atoms with E-state index >= 15 is 0 Å². The van der Waals surface area contributed by atoms with Crippen molar-refractivity contribution in [1.82, 2.24) is 0 Å². The van der Waals surface area contributed by atoms with Gasteiger partial charge in [0.15, 0.2) is 5.78 Å². The number of hydrogen-bond acceptors (Lipinski definition) is 3. The van der Waals surface area contributed by atoms with Crippen molar-refractivity contribution in [2.24, 2.45) is 11.8 Å². The number of hydrogen-bond donors (Lipinski definition) is 0. The van der Waals surface area contributed by atoms with Crippen LogP contribution in [-0.2, 0) is 9.78 Å². The monoisotopic (exact) mass is 330 g/mol. The molecule has 3 heteroatoms. The highest BCUT2D eigenvalue weighted by Crippen LogP contribution is 2.46.